The van der Waals surface area contributed by atoms with Crippen LogP contribution in [0.4, 0.5) is 19.6 Å². The van der Waals surface area contributed by atoms with Crippen LogP contribution in [0.25, 0.3) is 0 Å². The average molecular weight is 395 g/mol. The summed E-state index contributed by atoms with van der Waals surface area (Å²) in [6, 6.07) is 8.14. The van der Waals surface area contributed by atoms with Crippen LogP contribution in [0.2, 0.25) is 0 Å². The summed E-state index contributed by atoms with van der Waals surface area (Å²) in [5, 5.41) is 4.35. The molecule has 0 saturated carbocycles. The SMILES string of the molecule is O=C(Nc1ccc(S(=O)(=O)Nc2nccs2)cc1)c1ccc(F)c(F)c1. The van der Waals surface area contributed by atoms with E-state index in [-0.39, 0.29) is 15.6 Å². The van der Waals surface area contributed by atoms with Crippen LogP contribution < -0.4 is 10.0 Å². The van der Waals surface area contributed by atoms with E-state index in [1.807, 2.05) is 0 Å². The van der Waals surface area contributed by atoms with Gasteiger partial charge < -0.3 is 5.32 Å². The van der Waals surface area contributed by atoms with Crippen molar-refractivity contribution in [1.29, 1.82) is 0 Å². The molecule has 134 valence electrons. The summed E-state index contributed by atoms with van der Waals surface area (Å²) in [4.78, 5) is 15.9. The second-order valence-electron chi connectivity index (χ2n) is 5.05. The van der Waals surface area contributed by atoms with E-state index in [2.05, 4.69) is 15.0 Å². The maximum atomic E-state index is 13.2. The first kappa shape index (κ1) is 18.0. The number of amides is 1. The number of thiazole rings is 1. The van der Waals surface area contributed by atoms with Gasteiger partial charge in [0.25, 0.3) is 15.9 Å². The van der Waals surface area contributed by atoms with Crippen LogP contribution in [-0.4, -0.2) is 19.3 Å². The molecule has 3 rings (SSSR count). The Hall–Kier alpha value is -2.85. The molecule has 0 unspecified atom stereocenters. The fourth-order valence-electron chi connectivity index (χ4n) is 2.01. The van der Waals surface area contributed by atoms with Gasteiger partial charge in [0.2, 0.25) is 0 Å². The summed E-state index contributed by atoms with van der Waals surface area (Å²) in [5.74, 6) is -2.84. The molecule has 2 aromatic carbocycles. The minimum Gasteiger partial charge on any atom is -0.322 e. The van der Waals surface area contributed by atoms with Gasteiger partial charge in [-0.05, 0) is 42.5 Å². The number of nitrogens with one attached hydrogen (secondary N) is 2. The maximum absolute atomic E-state index is 13.2. The average Bonchev–Trinajstić information content (AvgIpc) is 3.10. The molecular weight excluding hydrogens is 384 g/mol. The minimum absolute atomic E-state index is 0.0153. The van der Waals surface area contributed by atoms with E-state index in [1.165, 1.54) is 30.5 Å². The Kier molecular flexibility index (Phi) is 4.96. The Morgan fingerprint density at radius 3 is 2.38 bits per heavy atom. The van der Waals surface area contributed by atoms with Crippen molar-refractivity contribution in [2.24, 2.45) is 0 Å². The van der Waals surface area contributed by atoms with Crippen LogP contribution in [0.5, 0.6) is 0 Å². The number of carbonyl (C=O) groups is 1. The van der Waals surface area contributed by atoms with E-state index in [0.29, 0.717) is 5.69 Å². The van der Waals surface area contributed by atoms with Gasteiger partial charge in [-0.25, -0.2) is 22.2 Å². The lowest BCUT2D eigenvalue weighted by Gasteiger charge is -2.08. The lowest BCUT2D eigenvalue weighted by molar-refractivity contribution is 0.102. The highest BCUT2D eigenvalue weighted by Gasteiger charge is 2.16. The molecule has 0 aliphatic carbocycles. The van der Waals surface area contributed by atoms with Crippen molar-refractivity contribution in [3.63, 3.8) is 0 Å². The number of benzene rings is 2. The first-order valence-corrected chi connectivity index (χ1v) is 9.50. The Labute approximate surface area is 151 Å². The van der Waals surface area contributed by atoms with Gasteiger partial charge in [0.1, 0.15) is 0 Å². The van der Waals surface area contributed by atoms with Crippen molar-refractivity contribution in [3.05, 3.63) is 71.2 Å². The third-order valence-corrected chi connectivity index (χ3v) is 5.43. The quantitative estimate of drug-likeness (QED) is 0.692. The molecule has 0 atom stereocenters. The van der Waals surface area contributed by atoms with E-state index in [0.717, 1.165) is 29.5 Å². The van der Waals surface area contributed by atoms with E-state index in [4.69, 9.17) is 0 Å². The second kappa shape index (κ2) is 7.18. The molecule has 1 aromatic heterocycles. The Morgan fingerprint density at radius 1 is 1.04 bits per heavy atom. The number of sulfonamides is 1. The molecule has 2 N–H and O–H groups in total. The Balaban J connectivity index is 1.73. The zero-order valence-electron chi connectivity index (χ0n) is 12.9. The summed E-state index contributed by atoms with van der Waals surface area (Å²) in [5.41, 5.74) is 0.235. The van der Waals surface area contributed by atoms with Crippen LogP contribution in [0.1, 0.15) is 10.4 Å². The van der Waals surface area contributed by atoms with Crippen molar-refractivity contribution in [3.8, 4) is 0 Å². The van der Waals surface area contributed by atoms with Crippen molar-refractivity contribution in [2.75, 3.05) is 10.0 Å². The second-order valence-corrected chi connectivity index (χ2v) is 7.63. The highest BCUT2D eigenvalue weighted by molar-refractivity contribution is 7.93. The fraction of sp³-hybridized carbons (Fsp3) is 0. The monoisotopic (exact) mass is 395 g/mol. The smallest absolute Gasteiger partial charge is 0.263 e. The van der Waals surface area contributed by atoms with Gasteiger partial charge in [-0.3, -0.25) is 9.52 Å². The van der Waals surface area contributed by atoms with Crippen LogP contribution in [0, 0.1) is 11.6 Å². The number of hydrogen-bond acceptors (Lipinski definition) is 5. The molecule has 0 aliphatic rings. The number of nitrogens with zero attached hydrogens (tertiary/aromatic N) is 1. The van der Waals surface area contributed by atoms with Crippen LogP contribution in [0.3, 0.4) is 0 Å². The summed E-state index contributed by atoms with van der Waals surface area (Å²) < 4.78 is 52.8. The Bertz CT molecular complexity index is 1040. The van der Waals surface area contributed by atoms with Crippen molar-refractivity contribution in [2.45, 2.75) is 4.90 Å². The first-order chi connectivity index (χ1) is 12.3. The highest BCUT2D eigenvalue weighted by atomic mass is 32.2. The molecule has 0 bridgehead atoms. The van der Waals surface area contributed by atoms with Gasteiger partial charge in [0, 0.05) is 22.8 Å². The van der Waals surface area contributed by atoms with Gasteiger partial charge in [-0.2, -0.15) is 0 Å². The van der Waals surface area contributed by atoms with Crippen LogP contribution in [-0.2, 0) is 10.0 Å². The van der Waals surface area contributed by atoms with Crippen LogP contribution in [0.15, 0.2) is 58.9 Å². The minimum atomic E-state index is -3.80. The molecule has 0 spiro atoms. The van der Waals surface area contributed by atoms with Crippen LogP contribution >= 0.6 is 11.3 Å². The lowest BCUT2D eigenvalue weighted by Crippen LogP contribution is -2.14. The molecular formula is C16H11F2N3O3S2. The van der Waals surface area contributed by atoms with Gasteiger partial charge in [0.05, 0.1) is 4.90 Å². The largest absolute Gasteiger partial charge is 0.322 e. The summed E-state index contributed by atoms with van der Waals surface area (Å²) in [6.45, 7) is 0. The molecule has 0 fully saturated rings. The van der Waals surface area contributed by atoms with Gasteiger partial charge >= 0.3 is 0 Å². The summed E-state index contributed by atoms with van der Waals surface area (Å²) >= 11 is 1.14. The van der Waals surface area contributed by atoms with Crippen molar-refractivity contribution < 1.29 is 22.0 Å². The van der Waals surface area contributed by atoms with Crippen molar-refractivity contribution in [1.82, 2.24) is 4.98 Å². The van der Waals surface area contributed by atoms with E-state index in [9.17, 15) is 22.0 Å². The number of carbonyl (C=O) groups excluding carboxylic acids is 1. The molecule has 1 heterocycles. The molecule has 10 heteroatoms. The zero-order valence-corrected chi connectivity index (χ0v) is 14.6. The molecule has 3 aromatic rings. The molecule has 0 saturated heterocycles. The van der Waals surface area contributed by atoms with E-state index >= 15 is 0 Å². The number of anilines is 2. The van der Waals surface area contributed by atoms with E-state index < -0.39 is 27.6 Å². The van der Waals surface area contributed by atoms with Crippen molar-refractivity contribution >= 4 is 38.1 Å². The molecule has 0 aliphatic heterocycles. The normalized spacial score (nSPS) is 11.2. The third kappa shape index (κ3) is 4.03. The first-order valence-electron chi connectivity index (χ1n) is 7.14. The zero-order chi connectivity index (χ0) is 18.7. The van der Waals surface area contributed by atoms with Gasteiger partial charge in [-0.1, -0.05) is 0 Å². The number of halogens is 2. The Morgan fingerprint density at radius 2 is 1.77 bits per heavy atom. The standard InChI is InChI=1S/C16H11F2N3O3S2/c17-13-6-1-10(9-14(13)18)15(22)20-11-2-4-12(5-3-11)26(23,24)21-16-19-7-8-25-16/h1-9H,(H,19,21)(H,20,22). The third-order valence-electron chi connectivity index (χ3n) is 3.26. The molecule has 0 radical (unpaired) electrons. The maximum Gasteiger partial charge on any atom is 0.263 e. The topological polar surface area (TPSA) is 88.2 Å². The highest BCUT2D eigenvalue weighted by Crippen LogP contribution is 2.20. The lowest BCUT2D eigenvalue weighted by atomic mass is 10.2. The number of hydrogen-bond donors (Lipinski definition) is 2. The number of aromatic nitrogens is 1. The van der Waals surface area contributed by atoms with Gasteiger partial charge in [-0.15, -0.1) is 11.3 Å². The fourth-order valence-corrected chi connectivity index (χ4v) is 3.79. The predicted molar refractivity (Wildman–Crippen MR) is 93.7 cm³/mol. The van der Waals surface area contributed by atoms with E-state index in [1.54, 1.807) is 5.38 Å². The van der Waals surface area contributed by atoms with Gasteiger partial charge in [0.15, 0.2) is 16.8 Å². The summed E-state index contributed by atoms with van der Waals surface area (Å²) in [7, 11) is -3.80. The summed E-state index contributed by atoms with van der Waals surface area (Å²) in [6.07, 6.45) is 1.47. The number of rotatable bonds is 5. The molecule has 6 nitrogen and oxygen atoms in total. The molecule has 1 amide bonds. The predicted octanol–water partition coefficient (Wildman–Crippen LogP) is 3.47. The molecule has 26 heavy (non-hydrogen) atoms.